The van der Waals surface area contributed by atoms with Crippen LogP contribution in [-0.2, 0) is 9.59 Å². The second-order valence-electron chi connectivity index (χ2n) is 2.79. The molecule has 0 unspecified atom stereocenters. The van der Waals surface area contributed by atoms with E-state index in [2.05, 4.69) is 17.9 Å². The van der Waals surface area contributed by atoms with Gasteiger partial charge in [-0.2, -0.15) is 4.79 Å². The van der Waals surface area contributed by atoms with Gasteiger partial charge >= 0.3 is 5.71 Å². The topological polar surface area (TPSA) is 70.5 Å². The van der Waals surface area contributed by atoms with E-state index in [1.165, 1.54) is 13.0 Å². The molecule has 0 saturated heterocycles. The first kappa shape index (κ1) is 12.2. The molecule has 4 nitrogen and oxygen atoms in total. The first-order valence-electron chi connectivity index (χ1n) is 4.09. The van der Waals surface area contributed by atoms with Crippen LogP contribution >= 0.6 is 0 Å². The zero-order chi connectivity index (χ0) is 11.1. The number of allylic oxidation sites excluding steroid dienone is 2. The summed E-state index contributed by atoms with van der Waals surface area (Å²) in [6.45, 7) is 8.27. The molecule has 0 radical (unpaired) electrons. The summed E-state index contributed by atoms with van der Waals surface area (Å²) in [7, 11) is 0. The first-order valence-corrected chi connectivity index (χ1v) is 4.09. The van der Waals surface area contributed by atoms with Crippen molar-refractivity contribution in [2.75, 3.05) is 0 Å². The van der Waals surface area contributed by atoms with Crippen LogP contribution in [0.25, 0.3) is 5.53 Å². The lowest BCUT2D eigenvalue weighted by atomic mass is 10.0. The van der Waals surface area contributed by atoms with Crippen molar-refractivity contribution in [2.24, 2.45) is 0 Å². The Morgan fingerprint density at radius 1 is 1.43 bits per heavy atom. The highest BCUT2D eigenvalue weighted by Gasteiger charge is 2.24. The lowest BCUT2D eigenvalue weighted by Crippen LogP contribution is -2.22. The van der Waals surface area contributed by atoms with E-state index in [0.717, 1.165) is 0 Å². The van der Waals surface area contributed by atoms with E-state index in [0.29, 0.717) is 12.0 Å². The number of nitrogens with zero attached hydrogens (tertiary/aromatic N) is 2. The fourth-order valence-electron chi connectivity index (χ4n) is 0.817. The standard InChI is InChI=1S/C10H12N2O2/c1-4-7(2)5-6-9(14)10(12-11)8(3)13/h4H,1-2,5-6H2,3H3. The minimum Gasteiger partial charge on any atom is -0.360 e. The minimum atomic E-state index is -0.540. The average Bonchev–Trinajstić information content (AvgIpc) is 2.14. The molecule has 0 aliphatic rings. The van der Waals surface area contributed by atoms with Crippen molar-refractivity contribution < 1.29 is 14.4 Å². The van der Waals surface area contributed by atoms with E-state index in [9.17, 15) is 9.59 Å². The number of rotatable bonds is 6. The van der Waals surface area contributed by atoms with Gasteiger partial charge in [-0.25, -0.2) is 0 Å². The van der Waals surface area contributed by atoms with Crippen molar-refractivity contribution in [2.45, 2.75) is 19.8 Å². The number of hydrogen-bond donors (Lipinski definition) is 0. The van der Waals surface area contributed by atoms with Crippen molar-refractivity contribution >= 4 is 17.3 Å². The molecule has 0 rings (SSSR count). The molecule has 0 aromatic rings. The Kier molecular flexibility index (Phi) is 5.04. The normalized spacial score (nSPS) is 8.64. The second-order valence-corrected chi connectivity index (χ2v) is 2.79. The minimum absolute atomic E-state index is 0.101. The fraction of sp³-hybridized carbons (Fsp3) is 0.300. The van der Waals surface area contributed by atoms with E-state index >= 15 is 0 Å². The lowest BCUT2D eigenvalue weighted by Gasteiger charge is -1.95. The zero-order valence-corrected chi connectivity index (χ0v) is 8.12. The highest BCUT2D eigenvalue weighted by molar-refractivity contribution is 6.63. The maximum atomic E-state index is 11.2. The second kappa shape index (κ2) is 5.78. The maximum Gasteiger partial charge on any atom is 0.399 e. The third-order valence-electron chi connectivity index (χ3n) is 1.66. The molecule has 0 fully saturated rings. The molecule has 0 heterocycles. The van der Waals surface area contributed by atoms with E-state index in [4.69, 9.17) is 5.53 Å². The van der Waals surface area contributed by atoms with E-state index in [1.54, 1.807) is 0 Å². The van der Waals surface area contributed by atoms with E-state index in [-0.39, 0.29) is 6.42 Å². The van der Waals surface area contributed by atoms with E-state index in [1.807, 2.05) is 0 Å². The van der Waals surface area contributed by atoms with Gasteiger partial charge in [0.05, 0.1) is 0 Å². The molecule has 0 bridgehead atoms. The highest BCUT2D eigenvalue weighted by atomic mass is 16.1. The van der Waals surface area contributed by atoms with E-state index < -0.39 is 17.3 Å². The third-order valence-corrected chi connectivity index (χ3v) is 1.66. The number of carbonyl (C=O) groups excluding carboxylic acids is 2. The number of ketones is 2. The molecule has 0 aliphatic carbocycles. The molecule has 0 saturated carbocycles. The maximum absolute atomic E-state index is 11.2. The molecule has 0 atom stereocenters. The van der Waals surface area contributed by atoms with Crippen LogP contribution < -0.4 is 0 Å². The van der Waals surface area contributed by atoms with Gasteiger partial charge in [-0.15, -0.1) is 0 Å². The largest absolute Gasteiger partial charge is 0.399 e. The van der Waals surface area contributed by atoms with Crippen molar-refractivity contribution in [3.8, 4) is 0 Å². The molecule has 0 aromatic carbocycles. The summed E-state index contributed by atoms with van der Waals surface area (Å²) in [6, 6.07) is 0. The van der Waals surface area contributed by atoms with Crippen LogP contribution in [0.2, 0.25) is 0 Å². The number of hydrogen-bond acceptors (Lipinski definition) is 2. The molecule has 0 amide bonds. The molecule has 14 heavy (non-hydrogen) atoms. The molecule has 0 aliphatic heterocycles. The SMILES string of the molecule is C=CC(=C)CCC(=O)C(=[N+]=[N-])C(C)=O. The Morgan fingerprint density at radius 3 is 2.36 bits per heavy atom. The summed E-state index contributed by atoms with van der Waals surface area (Å²) >= 11 is 0. The molecule has 0 aromatic heterocycles. The lowest BCUT2D eigenvalue weighted by molar-refractivity contribution is -0.123. The van der Waals surface area contributed by atoms with Crippen LogP contribution in [0.15, 0.2) is 24.8 Å². The quantitative estimate of drug-likeness (QED) is 0.209. The van der Waals surface area contributed by atoms with Crippen molar-refractivity contribution in [1.82, 2.24) is 0 Å². The van der Waals surface area contributed by atoms with Gasteiger partial charge in [0, 0.05) is 13.3 Å². The van der Waals surface area contributed by atoms with Gasteiger partial charge in [0.25, 0.3) is 0 Å². The van der Waals surface area contributed by atoms with Gasteiger partial charge in [-0.05, 0) is 6.42 Å². The Bertz CT molecular complexity index is 336. The Balaban J connectivity index is 4.35. The van der Waals surface area contributed by atoms with Crippen molar-refractivity contribution in [3.05, 3.63) is 30.3 Å². The van der Waals surface area contributed by atoms with Gasteiger partial charge in [0.2, 0.25) is 11.6 Å². The summed E-state index contributed by atoms with van der Waals surface area (Å²) in [5.74, 6) is -1.02. The van der Waals surface area contributed by atoms with Crippen LogP contribution in [0.1, 0.15) is 19.8 Å². The van der Waals surface area contributed by atoms with Gasteiger partial charge in [0.1, 0.15) is 0 Å². The summed E-state index contributed by atoms with van der Waals surface area (Å²) in [4.78, 5) is 24.7. The zero-order valence-electron chi connectivity index (χ0n) is 8.12. The summed E-state index contributed by atoms with van der Waals surface area (Å²) < 4.78 is 0. The Labute approximate surface area is 82.5 Å². The van der Waals surface area contributed by atoms with Gasteiger partial charge in [0.15, 0.2) is 0 Å². The van der Waals surface area contributed by atoms with Gasteiger partial charge < -0.3 is 5.53 Å². The molecule has 74 valence electrons. The summed E-state index contributed by atoms with van der Waals surface area (Å²) in [6.07, 6.45) is 2.05. The first-order chi connectivity index (χ1) is 6.52. The summed E-state index contributed by atoms with van der Waals surface area (Å²) in [5, 5.41) is 0. The Hall–Kier alpha value is -1.80. The average molecular weight is 192 g/mol. The molecule has 0 N–H and O–H groups in total. The summed E-state index contributed by atoms with van der Waals surface area (Å²) in [5.41, 5.74) is 8.69. The van der Waals surface area contributed by atoms with Crippen molar-refractivity contribution in [3.63, 3.8) is 0 Å². The van der Waals surface area contributed by atoms with Crippen LogP contribution in [0.3, 0.4) is 0 Å². The third kappa shape index (κ3) is 3.74. The molecule has 4 heteroatoms. The number of carbonyl (C=O) groups is 2. The predicted molar refractivity (Wildman–Crippen MR) is 52.9 cm³/mol. The van der Waals surface area contributed by atoms with Crippen molar-refractivity contribution in [1.29, 1.82) is 0 Å². The van der Waals surface area contributed by atoms with Gasteiger partial charge in [-0.1, -0.05) is 24.8 Å². The number of Topliss-reactive ketones (excluding diaryl/α,β-unsaturated/α-hetero) is 2. The van der Waals surface area contributed by atoms with Crippen LogP contribution in [-0.4, -0.2) is 22.1 Å². The smallest absolute Gasteiger partial charge is 0.360 e. The fourth-order valence-corrected chi connectivity index (χ4v) is 0.817. The Morgan fingerprint density at radius 2 is 2.00 bits per heavy atom. The molecule has 0 spiro atoms. The predicted octanol–water partition coefficient (Wildman–Crippen LogP) is 1.34. The highest BCUT2D eigenvalue weighted by Crippen LogP contribution is 2.03. The van der Waals surface area contributed by atoms with Crippen LogP contribution in [0.4, 0.5) is 0 Å². The molecular formula is C10H12N2O2. The van der Waals surface area contributed by atoms with Crippen LogP contribution in [0, 0.1) is 0 Å². The monoisotopic (exact) mass is 192 g/mol. The van der Waals surface area contributed by atoms with Crippen LogP contribution in [0.5, 0.6) is 0 Å². The molecular weight excluding hydrogens is 180 g/mol. The van der Waals surface area contributed by atoms with Gasteiger partial charge in [-0.3, -0.25) is 9.59 Å².